The summed E-state index contributed by atoms with van der Waals surface area (Å²) in [7, 11) is 1.68. The summed E-state index contributed by atoms with van der Waals surface area (Å²) < 4.78 is 7.46. The second-order valence-corrected chi connectivity index (χ2v) is 5.40. The molecule has 0 saturated carbocycles. The van der Waals surface area contributed by atoms with Crippen LogP contribution in [-0.2, 0) is 6.54 Å². The molecule has 0 aliphatic rings. The number of nitrogens with two attached hydrogens (primary N) is 1. The highest BCUT2D eigenvalue weighted by Gasteiger charge is 2.40. The van der Waals surface area contributed by atoms with Crippen molar-refractivity contribution in [3.05, 3.63) is 11.9 Å². The van der Waals surface area contributed by atoms with Gasteiger partial charge in [-0.25, -0.2) is 5.43 Å². The van der Waals surface area contributed by atoms with Gasteiger partial charge in [-0.1, -0.05) is 20.8 Å². The molecule has 2 unspecified atom stereocenters. The number of hydrazine groups is 1. The second kappa shape index (κ2) is 7.77. The average molecular weight is 297 g/mol. The SMILES string of the molecule is CCN(CC)C(C)(CC)C(NN)c1c(OC)cnn1CC. The number of methoxy groups -OCH3 is 1. The van der Waals surface area contributed by atoms with E-state index in [2.05, 4.69) is 50.0 Å². The Bertz CT molecular complexity index is 408. The van der Waals surface area contributed by atoms with E-state index in [0.717, 1.165) is 37.5 Å². The van der Waals surface area contributed by atoms with Crippen LogP contribution in [0.2, 0.25) is 0 Å². The molecule has 122 valence electrons. The van der Waals surface area contributed by atoms with E-state index in [4.69, 9.17) is 10.6 Å². The van der Waals surface area contributed by atoms with Gasteiger partial charge < -0.3 is 4.74 Å². The van der Waals surface area contributed by atoms with Gasteiger partial charge in [0.15, 0.2) is 5.75 Å². The second-order valence-electron chi connectivity index (χ2n) is 5.40. The van der Waals surface area contributed by atoms with Crippen molar-refractivity contribution in [2.45, 2.75) is 59.2 Å². The predicted molar refractivity (Wildman–Crippen MR) is 86.1 cm³/mol. The van der Waals surface area contributed by atoms with E-state index in [1.165, 1.54) is 0 Å². The number of likely N-dealkylation sites (N-methyl/N-ethyl adjacent to an activating group) is 1. The summed E-state index contributed by atoms with van der Waals surface area (Å²) in [5.41, 5.74) is 3.91. The molecule has 21 heavy (non-hydrogen) atoms. The van der Waals surface area contributed by atoms with E-state index in [-0.39, 0.29) is 11.6 Å². The van der Waals surface area contributed by atoms with Crippen molar-refractivity contribution in [1.82, 2.24) is 20.1 Å². The molecular formula is C15H31N5O. The van der Waals surface area contributed by atoms with Crippen LogP contribution in [0.3, 0.4) is 0 Å². The normalized spacial score (nSPS) is 16.0. The molecule has 6 nitrogen and oxygen atoms in total. The number of nitrogens with zero attached hydrogens (tertiary/aromatic N) is 3. The smallest absolute Gasteiger partial charge is 0.161 e. The lowest BCUT2D eigenvalue weighted by Crippen LogP contribution is -2.56. The fourth-order valence-electron chi connectivity index (χ4n) is 3.19. The summed E-state index contributed by atoms with van der Waals surface area (Å²) in [6.07, 6.45) is 2.74. The van der Waals surface area contributed by atoms with Crippen molar-refractivity contribution in [2.75, 3.05) is 20.2 Å². The first-order chi connectivity index (χ1) is 10.0. The third kappa shape index (κ3) is 3.22. The standard InChI is InChI=1S/C15H31N5O/c1-7-15(5,19(8-2)9-3)14(18-16)13-12(21-6)11-17-20(13)10-4/h11,14,18H,7-10,16H2,1-6H3. The Morgan fingerprint density at radius 3 is 2.38 bits per heavy atom. The third-order valence-electron chi connectivity index (χ3n) is 4.63. The van der Waals surface area contributed by atoms with Crippen LogP contribution < -0.4 is 16.0 Å². The van der Waals surface area contributed by atoms with Gasteiger partial charge in [-0.3, -0.25) is 15.4 Å². The van der Waals surface area contributed by atoms with Crippen LogP contribution in [0.4, 0.5) is 0 Å². The van der Waals surface area contributed by atoms with Crippen molar-refractivity contribution in [3.8, 4) is 5.75 Å². The minimum Gasteiger partial charge on any atom is -0.493 e. The fourth-order valence-corrected chi connectivity index (χ4v) is 3.19. The lowest BCUT2D eigenvalue weighted by Gasteiger charge is -2.45. The molecule has 3 N–H and O–H groups in total. The number of aryl methyl sites for hydroxylation is 1. The molecule has 6 heteroatoms. The van der Waals surface area contributed by atoms with E-state index >= 15 is 0 Å². The number of rotatable bonds is 9. The molecule has 0 bridgehead atoms. The van der Waals surface area contributed by atoms with Gasteiger partial charge in [-0.15, -0.1) is 0 Å². The minimum absolute atomic E-state index is 0.0557. The topological polar surface area (TPSA) is 68.3 Å². The third-order valence-corrected chi connectivity index (χ3v) is 4.63. The molecule has 0 aromatic carbocycles. The summed E-state index contributed by atoms with van der Waals surface area (Å²) in [6, 6.07) is -0.0557. The van der Waals surface area contributed by atoms with Crippen molar-refractivity contribution in [2.24, 2.45) is 5.84 Å². The van der Waals surface area contributed by atoms with Crippen LogP contribution in [0, 0.1) is 0 Å². The number of nitrogens with one attached hydrogen (secondary N) is 1. The van der Waals surface area contributed by atoms with Gasteiger partial charge in [0.25, 0.3) is 0 Å². The van der Waals surface area contributed by atoms with E-state index in [1.807, 2.05) is 4.68 Å². The summed E-state index contributed by atoms with van der Waals surface area (Å²) in [5, 5.41) is 4.41. The monoisotopic (exact) mass is 297 g/mol. The molecule has 0 fully saturated rings. The van der Waals surface area contributed by atoms with Crippen molar-refractivity contribution < 1.29 is 4.74 Å². The predicted octanol–water partition coefficient (Wildman–Crippen LogP) is 1.93. The van der Waals surface area contributed by atoms with Crippen LogP contribution in [0.15, 0.2) is 6.20 Å². The summed E-state index contributed by atoms with van der Waals surface area (Å²) in [4.78, 5) is 2.43. The number of ether oxygens (including phenoxy) is 1. The zero-order valence-electron chi connectivity index (χ0n) is 14.3. The van der Waals surface area contributed by atoms with Crippen LogP contribution >= 0.6 is 0 Å². The molecule has 0 amide bonds. The van der Waals surface area contributed by atoms with Gasteiger partial charge in [0, 0.05) is 12.1 Å². The van der Waals surface area contributed by atoms with E-state index < -0.39 is 0 Å². The Hall–Kier alpha value is -1.11. The molecule has 0 aliphatic carbocycles. The Balaban J connectivity index is 3.36. The maximum absolute atomic E-state index is 5.95. The first-order valence-electron chi connectivity index (χ1n) is 7.84. The first kappa shape index (κ1) is 17.9. The average Bonchev–Trinajstić information content (AvgIpc) is 2.91. The Labute approximate surface area is 128 Å². The van der Waals surface area contributed by atoms with Gasteiger partial charge in [-0.05, 0) is 33.4 Å². The van der Waals surface area contributed by atoms with Crippen molar-refractivity contribution >= 4 is 0 Å². The number of aromatic nitrogens is 2. The van der Waals surface area contributed by atoms with Crippen LogP contribution in [-0.4, -0.2) is 40.4 Å². The van der Waals surface area contributed by atoms with Gasteiger partial charge in [0.05, 0.1) is 19.3 Å². The Morgan fingerprint density at radius 2 is 2.00 bits per heavy atom. The highest BCUT2D eigenvalue weighted by molar-refractivity contribution is 5.31. The molecule has 1 aromatic rings. The molecule has 0 aliphatic heterocycles. The maximum atomic E-state index is 5.95. The fraction of sp³-hybridized carbons (Fsp3) is 0.800. The van der Waals surface area contributed by atoms with Crippen LogP contribution in [0.1, 0.15) is 52.8 Å². The van der Waals surface area contributed by atoms with Crippen molar-refractivity contribution in [3.63, 3.8) is 0 Å². The zero-order valence-corrected chi connectivity index (χ0v) is 14.3. The number of hydrogen-bond donors (Lipinski definition) is 2. The molecule has 1 heterocycles. The van der Waals surface area contributed by atoms with E-state index in [1.54, 1.807) is 13.3 Å². The first-order valence-corrected chi connectivity index (χ1v) is 7.84. The quantitative estimate of drug-likeness (QED) is 0.538. The number of hydrogen-bond acceptors (Lipinski definition) is 5. The van der Waals surface area contributed by atoms with E-state index in [0.29, 0.717) is 0 Å². The lowest BCUT2D eigenvalue weighted by atomic mass is 9.85. The lowest BCUT2D eigenvalue weighted by molar-refractivity contribution is 0.0654. The molecule has 1 rings (SSSR count). The van der Waals surface area contributed by atoms with Crippen molar-refractivity contribution in [1.29, 1.82) is 0 Å². The van der Waals surface area contributed by atoms with Crippen LogP contribution in [0.5, 0.6) is 5.75 Å². The minimum atomic E-state index is -0.113. The molecular weight excluding hydrogens is 266 g/mol. The zero-order chi connectivity index (χ0) is 16.0. The highest BCUT2D eigenvalue weighted by Crippen LogP contribution is 2.37. The summed E-state index contributed by atoms with van der Waals surface area (Å²) in [5.74, 6) is 6.73. The van der Waals surface area contributed by atoms with Gasteiger partial charge in [-0.2, -0.15) is 5.10 Å². The molecule has 0 saturated heterocycles. The molecule has 1 aromatic heterocycles. The van der Waals surface area contributed by atoms with Gasteiger partial charge in [0.1, 0.15) is 5.69 Å². The van der Waals surface area contributed by atoms with Gasteiger partial charge in [0.2, 0.25) is 0 Å². The summed E-state index contributed by atoms with van der Waals surface area (Å²) in [6.45, 7) is 13.6. The largest absolute Gasteiger partial charge is 0.493 e. The van der Waals surface area contributed by atoms with Crippen LogP contribution in [0.25, 0.3) is 0 Å². The van der Waals surface area contributed by atoms with E-state index in [9.17, 15) is 0 Å². The molecule has 0 spiro atoms. The Morgan fingerprint density at radius 1 is 1.38 bits per heavy atom. The highest BCUT2D eigenvalue weighted by atomic mass is 16.5. The molecule has 0 radical (unpaired) electrons. The molecule has 2 atom stereocenters. The Kier molecular flexibility index (Phi) is 6.64. The summed E-state index contributed by atoms with van der Waals surface area (Å²) >= 11 is 0. The van der Waals surface area contributed by atoms with Gasteiger partial charge >= 0.3 is 0 Å². The maximum Gasteiger partial charge on any atom is 0.161 e.